The molecule has 0 aliphatic carbocycles. The molecule has 20 heavy (non-hydrogen) atoms. The first-order chi connectivity index (χ1) is 9.79. The average molecular weight is 265 g/mol. The van der Waals surface area contributed by atoms with Gasteiger partial charge < -0.3 is 4.74 Å². The Labute approximate surface area is 115 Å². The van der Waals surface area contributed by atoms with Crippen molar-refractivity contribution in [2.24, 2.45) is 0 Å². The molecule has 0 amide bonds. The van der Waals surface area contributed by atoms with Gasteiger partial charge in [0.05, 0.1) is 18.1 Å². The van der Waals surface area contributed by atoms with Gasteiger partial charge in [-0.2, -0.15) is 0 Å². The molecular formula is C15H11N3O2. The third kappa shape index (κ3) is 2.09. The van der Waals surface area contributed by atoms with E-state index in [1.807, 2.05) is 0 Å². The summed E-state index contributed by atoms with van der Waals surface area (Å²) in [4.78, 5) is 24.9. The second-order valence-corrected chi connectivity index (χ2v) is 4.14. The van der Waals surface area contributed by atoms with Crippen LogP contribution >= 0.6 is 0 Å². The highest BCUT2D eigenvalue weighted by molar-refractivity contribution is 6.10. The first-order valence-electron chi connectivity index (χ1n) is 6.04. The monoisotopic (exact) mass is 265 g/mol. The number of carbonyl (C=O) groups excluding carboxylic acids is 1. The summed E-state index contributed by atoms with van der Waals surface area (Å²) in [6.45, 7) is 0. The number of ether oxygens (including phenoxy) is 1. The summed E-state index contributed by atoms with van der Waals surface area (Å²) in [5.74, 6) is 0.256. The normalized spacial score (nSPS) is 10.4. The van der Waals surface area contributed by atoms with Gasteiger partial charge in [0, 0.05) is 24.2 Å². The summed E-state index contributed by atoms with van der Waals surface area (Å²) in [6, 6.07) is 8.62. The van der Waals surface area contributed by atoms with Gasteiger partial charge >= 0.3 is 0 Å². The van der Waals surface area contributed by atoms with E-state index in [4.69, 9.17) is 4.74 Å². The van der Waals surface area contributed by atoms with E-state index in [-0.39, 0.29) is 5.78 Å². The molecule has 2 heterocycles. The van der Waals surface area contributed by atoms with E-state index in [1.54, 1.807) is 48.9 Å². The molecule has 1 aromatic carbocycles. The van der Waals surface area contributed by atoms with Gasteiger partial charge in [-0.15, -0.1) is 0 Å². The third-order valence-electron chi connectivity index (χ3n) is 2.94. The van der Waals surface area contributed by atoms with Crippen LogP contribution in [0, 0.1) is 0 Å². The molecule has 0 aliphatic rings. The minimum atomic E-state index is -0.199. The largest absolute Gasteiger partial charge is 0.494 e. The molecule has 3 aromatic rings. The third-order valence-corrected chi connectivity index (χ3v) is 2.94. The predicted molar refractivity (Wildman–Crippen MR) is 73.8 cm³/mol. The Morgan fingerprint density at radius 3 is 2.60 bits per heavy atom. The molecule has 5 heteroatoms. The van der Waals surface area contributed by atoms with Crippen molar-refractivity contribution in [2.45, 2.75) is 0 Å². The number of aromatic nitrogens is 3. The van der Waals surface area contributed by atoms with Gasteiger partial charge in [-0.25, -0.2) is 4.98 Å². The molecule has 0 unspecified atom stereocenters. The highest BCUT2D eigenvalue weighted by Crippen LogP contribution is 2.20. The predicted octanol–water partition coefficient (Wildman–Crippen LogP) is 2.26. The molecule has 0 aliphatic heterocycles. The lowest BCUT2D eigenvalue weighted by Gasteiger charge is -2.06. The Hall–Kier alpha value is -2.82. The molecular weight excluding hydrogens is 254 g/mol. The van der Waals surface area contributed by atoms with Crippen LogP contribution in [0.1, 0.15) is 16.1 Å². The first-order valence-corrected chi connectivity index (χ1v) is 6.04. The number of fused-ring (bicyclic) bond motifs is 1. The second-order valence-electron chi connectivity index (χ2n) is 4.14. The number of rotatable bonds is 3. The minimum absolute atomic E-state index is 0.199. The highest BCUT2D eigenvalue weighted by atomic mass is 16.5. The fraction of sp³-hybridized carbons (Fsp3) is 0.0667. The van der Waals surface area contributed by atoms with E-state index >= 15 is 0 Å². The standard InChI is InChI=1S/C15H11N3O2/c1-20-13-3-2-6-18-14(13)15(19)10-4-5-11-12(9-10)17-8-7-16-11/h2-9H,1H3. The maximum absolute atomic E-state index is 12.5. The number of hydrogen-bond acceptors (Lipinski definition) is 5. The van der Waals surface area contributed by atoms with Crippen molar-refractivity contribution in [3.63, 3.8) is 0 Å². The van der Waals surface area contributed by atoms with Crippen LogP contribution in [0.5, 0.6) is 5.75 Å². The molecule has 0 radical (unpaired) electrons. The summed E-state index contributed by atoms with van der Waals surface area (Å²) in [5.41, 5.74) is 2.22. The van der Waals surface area contributed by atoms with Crippen molar-refractivity contribution in [3.8, 4) is 5.75 Å². The van der Waals surface area contributed by atoms with Crippen LogP contribution in [0.3, 0.4) is 0 Å². The quantitative estimate of drug-likeness (QED) is 0.680. The van der Waals surface area contributed by atoms with Crippen molar-refractivity contribution in [1.29, 1.82) is 0 Å². The summed E-state index contributed by atoms with van der Waals surface area (Å²) < 4.78 is 5.16. The summed E-state index contributed by atoms with van der Waals surface area (Å²) >= 11 is 0. The Balaban J connectivity index is 2.08. The van der Waals surface area contributed by atoms with Crippen molar-refractivity contribution in [3.05, 3.63) is 60.2 Å². The van der Waals surface area contributed by atoms with E-state index in [1.165, 1.54) is 7.11 Å². The lowest BCUT2D eigenvalue weighted by atomic mass is 10.1. The number of nitrogens with zero attached hydrogens (tertiary/aromatic N) is 3. The molecule has 5 nitrogen and oxygen atoms in total. The van der Waals surface area contributed by atoms with Crippen LogP contribution in [-0.4, -0.2) is 27.8 Å². The number of hydrogen-bond donors (Lipinski definition) is 0. The van der Waals surface area contributed by atoms with Crippen molar-refractivity contribution < 1.29 is 9.53 Å². The lowest BCUT2D eigenvalue weighted by molar-refractivity contribution is 0.103. The molecule has 98 valence electrons. The molecule has 3 rings (SSSR count). The number of ketones is 1. The van der Waals surface area contributed by atoms with Gasteiger partial charge in [0.25, 0.3) is 0 Å². The van der Waals surface area contributed by atoms with Crippen molar-refractivity contribution >= 4 is 16.8 Å². The maximum Gasteiger partial charge on any atom is 0.215 e. The van der Waals surface area contributed by atoms with Crippen molar-refractivity contribution in [2.75, 3.05) is 7.11 Å². The fourth-order valence-corrected chi connectivity index (χ4v) is 1.97. The molecule has 0 atom stereocenters. The smallest absolute Gasteiger partial charge is 0.215 e. The number of methoxy groups -OCH3 is 1. The Kier molecular flexibility index (Phi) is 3.09. The minimum Gasteiger partial charge on any atom is -0.494 e. The van der Waals surface area contributed by atoms with Gasteiger partial charge in [0.1, 0.15) is 5.75 Å². The Bertz CT molecular complexity index is 787. The van der Waals surface area contributed by atoms with Gasteiger partial charge in [-0.1, -0.05) is 0 Å². The zero-order valence-electron chi connectivity index (χ0n) is 10.8. The zero-order valence-corrected chi connectivity index (χ0v) is 10.8. The number of pyridine rings is 1. The second kappa shape index (κ2) is 5.05. The fourth-order valence-electron chi connectivity index (χ4n) is 1.97. The van der Waals surface area contributed by atoms with Gasteiger partial charge in [-0.05, 0) is 30.3 Å². The molecule has 0 saturated heterocycles. The molecule has 0 fully saturated rings. The maximum atomic E-state index is 12.5. The summed E-state index contributed by atoms with van der Waals surface area (Å²) in [5, 5.41) is 0. The van der Waals surface area contributed by atoms with Crippen LogP contribution in [0.15, 0.2) is 48.9 Å². The molecule has 0 saturated carbocycles. The van der Waals surface area contributed by atoms with E-state index in [9.17, 15) is 4.79 Å². The average Bonchev–Trinajstić information content (AvgIpc) is 2.53. The first kappa shape index (κ1) is 12.2. The molecule has 0 bridgehead atoms. The topological polar surface area (TPSA) is 65.0 Å². The molecule has 0 spiro atoms. The number of benzene rings is 1. The van der Waals surface area contributed by atoms with Crippen LogP contribution in [0.2, 0.25) is 0 Å². The van der Waals surface area contributed by atoms with Crippen LogP contribution in [-0.2, 0) is 0 Å². The van der Waals surface area contributed by atoms with Gasteiger partial charge in [0.15, 0.2) is 5.69 Å². The van der Waals surface area contributed by atoms with Crippen LogP contribution in [0.25, 0.3) is 11.0 Å². The molecule has 2 aromatic heterocycles. The van der Waals surface area contributed by atoms with Crippen molar-refractivity contribution in [1.82, 2.24) is 15.0 Å². The Morgan fingerprint density at radius 1 is 1.00 bits per heavy atom. The number of carbonyl (C=O) groups is 1. The Morgan fingerprint density at radius 2 is 1.80 bits per heavy atom. The SMILES string of the molecule is COc1cccnc1C(=O)c1ccc2nccnc2c1. The van der Waals surface area contributed by atoms with E-state index < -0.39 is 0 Å². The van der Waals surface area contributed by atoms with Crippen LogP contribution < -0.4 is 4.74 Å². The lowest BCUT2D eigenvalue weighted by Crippen LogP contribution is -2.06. The van der Waals surface area contributed by atoms with E-state index in [0.717, 1.165) is 5.52 Å². The van der Waals surface area contributed by atoms with E-state index in [0.29, 0.717) is 22.5 Å². The summed E-state index contributed by atoms with van der Waals surface area (Å²) in [6.07, 6.45) is 4.78. The molecule has 0 N–H and O–H groups in total. The highest BCUT2D eigenvalue weighted by Gasteiger charge is 2.16. The van der Waals surface area contributed by atoms with E-state index in [2.05, 4.69) is 15.0 Å². The zero-order chi connectivity index (χ0) is 13.9. The van der Waals surface area contributed by atoms with Crippen LogP contribution in [0.4, 0.5) is 0 Å². The summed E-state index contributed by atoms with van der Waals surface area (Å²) in [7, 11) is 1.51. The van der Waals surface area contributed by atoms with Gasteiger partial charge in [0.2, 0.25) is 5.78 Å². The van der Waals surface area contributed by atoms with Gasteiger partial charge in [-0.3, -0.25) is 14.8 Å².